The molecule has 0 amide bonds. The summed E-state index contributed by atoms with van der Waals surface area (Å²) in [6.07, 6.45) is 0.0885. The van der Waals surface area contributed by atoms with E-state index in [1.165, 1.54) is 0 Å². The van der Waals surface area contributed by atoms with Gasteiger partial charge in [0.1, 0.15) is 17.1 Å². The Morgan fingerprint density at radius 2 is 1.87 bits per heavy atom. The van der Waals surface area contributed by atoms with E-state index in [1.54, 1.807) is 6.07 Å². The maximum Gasteiger partial charge on any atom is 0.229 e. The first-order valence-corrected chi connectivity index (χ1v) is 8.45. The van der Waals surface area contributed by atoms with E-state index >= 15 is 0 Å². The molecule has 0 atom stereocenters. The van der Waals surface area contributed by atoms with Crippen molar-refractivity contribution in [3.63, 3.8) is 0 Å². The lowest BCUT2D eigenvalue weighted by molar-refractivity contribution is 0.159. The van der Waals surface area contributed by atoms with Gasteiger partial charge in [-0.15, -0.1) is 0 Å². The Kier molecular flexibility index (Phi) is 3.83. The van der Waals surface area contributed by atoms with Crippen LogP contribution in [-0.2, 0) is 0 Å². The number of benzene rings is 1. The summed E-state index contributed by atoms with van der Waals surface area (Å²) < 4.78 is 6.70. The lowest BCUT2D eigenvalue weighted by atomic mass is 10.1. The van der Waals surface area contributed by atoms with Crippen molar-refractivity contribution in [1.82, 2.24) is 9.97 Å². The van der Waals surface area contributed by atoms with Crippen molar-refractivity contribution in [2.75, 3.05) is 18.0 Å². The Balaban J connectivity index is 1.45. The third kappa shape index (κ3) is 2.99. The van der Waals surface area contributed by atoms with Crippen molar-refractivity contribution in [2.45, 2.75) is 6.10 Å². The number of fused-ring (bicyclic) bond motifs is 1. The molecule has 0 N–H and O–H groups in total. The molecule has 2 aromatic heterocycles. The van der Waals surface area contributed by atoms with Crippen LogP contribution in [0, 0.1) is 0 Å². The second kappa shape index (κ2) is 5.98. The molecule has 6 heteroatoms. The summed E-state index contributed by atoms with van der Waals surface area (Å²) in [5.41, 5.74) is 1.01. The van der Waals surface area contributed by atoms with Gasteiger partial charge >= 0.3 is 0 Å². The molecular formula is C17H13BrClN3O. The third-order valence-corrected chi connectivity index (χ3v) is 4.63. The summed E-state index contributed by atoms with van der Waals surface area (Å²) in [5.74, 6) is 1.51. The van der Waals surface area contributed by atoms with Crippen LogP contribution >= 0.6 is 27.5 Å². The van der Waals surface area contributed by atoms with Gasteiger partial charge in [-0.2, -0.15) is 0 Å². The van der Waals surface area contributed by atoms with Gasteiger partial charge in [0.15, 0.2) is 0 Å². The molecule has 4 rings (SSSR count). The number of ether oxygens (including phenoxy) is 1. The molecule has 1 saturated heterocycles. The molecule has 1 aliphatic rings. The number of hydrogen-bond donors (Lipinski definition) is 0. The summed E-state index contributed by atoms with van der Waals surface area (Å²) in [7, 11) is 0. The number of pyridine rings is 2. The topological polar surface area (TPSA) is 38.2 Å². The van der Waals surface area contributed by atoms with E-state index in [0.717, 1.165) is 34.3 Å². The Morgan fingerprint density at radius 3 is 2.74 bits per heavy atom. The fourth-order valence-corrected chi connectivity index (χ4v) is 3.03. The molecule has 1 fully saturated rings. The summed E-state index contributed by atoms with van der Waals surface area (Å²) in [4.78, 5) is 11.1. The van der Waals surface area contributed by atoms with Crippen LogP contribution in [-0.4, -0.2) is 29.2 Å². The van der Waals surface area contributed by atoms with Gasteiger partial charge in [-0.1, -0.05) is 29.8 Å². The fourth-order valence-electron chi connectivity index (χ4n) is 2.57. The molecule has 1 aromatic carbocycles. The normalized spacial score (nSPS) is 14.8. The highest BCUT2D eigenvalue weighted by atomic mass is 79.9. The zero-order chi connectivity index (χ0) is 15.8. The zero-order valence-corrected chi connectivity index (χ0v) is 14.5. The van der Waals surface area contributed by atoms with Gasteiger partial charge < -0.3 is 9.64 Å². The van der Waals surface area contributed by atoms with Crippen molar-refractivity contribution in [3.05, 3.63) is 58.2 Å². The Hall–Kier alpha value is -1.85. The van der Waals surface area contributed by atoms with Crippen LogP contribution < -0.4 is 9.64 Å². The quantitative estimate of drug-likeness (QED) is 0.625. The van der Waals surface area contributed by atoms with Gasteiger partial charge in [0.25, 0.3) is 0 Å². The standard InChI is InChI=1S/C17H13BrClN3O/c18-13-6-7-15(19)21-17(13)23-12-9-22(10-12)16-8-5-11-3-1-2-4-14(11)20-16/h1-8,12H,9-10H2. The van der Waals surface area contributed by atoms with Crippen LogP contribution in [0.3, 0.4) is 0 Å². The Bertz CT molecular complexity index is 867. The van der Waals surface area contributed by atoms with Crippen molar-refractivity contribution in [3.8, 4) is 5.88 Å². The predicted molar refractivity (Wildman–Crippen MR) is 95.3 cm³/mol. The SMILES string of the molecule is Clc1ccc(Br)c(OC2CN(c3ccc4ccccc4n3)C2)n1. The van der Waals surface area contributed by atoms with E-state index < -0.39 is 0 Å². The maximum atomic E-state index is 5.91. The number of aromatic nitrogens is 2. The maximum absolute atomic E-state index is 5.91. The average molecular weight is 391 g/mol. The van der Waals surface area contributed by atoms with Crippen molar-refractivity contribution < 1.29 is 4.74 Å². The smallest absolute Gasteiger partial charge is 0.229 e. The minimum Gasteiger partial charge on any atom is -0.470 e. The van der Waals surface area contributed by atoms with Crippen molar-refractivity contribution >= 4 is 44.3 Å². The molecular weight excluding hydrogens is 378 g/mol. The summed E-state index contributed by atoms with van der Waals surface area (Å²) >= 11 is 9.34. The summed E-state index contributed by atoms with van der Waals surface area (Å²) in [6, 6.07) is 15.8. The molecule has 1 aliphatic heterocycles. The predicted octanol–water partition coefficient (Wildman–Crippen LogP) is 4.31. The minimum absolute atomic E-state index is 0.0885. The molecule has 0 unspecified atom stereocenters. The average Bonchev–Trinajstić information content (AvgIpc) is 2.53. The first kappa shape index (κ1) is 14.7. The number of rotatable bonds is 3. The van der Waals surface area contributed by atoms with Gasteiger partial charge in [0.2, 0.25) is 5.88 Å². The number of para-hydroxylation sites is 1. The lowest BCUT2D eigenvalue weighted by Gasteiger charge is -2.39. The molecule has 0 spiro atoms. The molecule has 23 heavy (non-hydrogen) atoms. The first-order valence-electron chi connectivity index (χ1n) is 7.28. The van der Waals surface area contributed by atoms with Gasteiger partial charge in [-0.3, -0.25) is 0 Å². The molecule has 4 nitrogen and oxygen atoms in total. The van der Waals surface area contributed by atoms with Crippen molar-refractivity contribution in [2.24, 2.45) is 0 Å². The van der Waals surface area contributed by atoms with E-state index in [2.05, 4.69) is 37.9 Å². The number of halogens is 2. The molecule has 3 heterocycles. The van der Waals surface area contributed by atoms with Crippen molar-refractivity contribution in [1.29, 1.82) is 0 Å². The molecule has 0 saturated carbocycles. The molecule has 0 aliphatic carbocycles. The molecule has 0 radical (unpaired) electrons. The Morgan fingerprint density at radius 1 is 1.04 bits per heavy atom. The molecule has 116 valence electrons. The van der Waals surface area contributed by atoms with Crippen LogP contribution in [0.4, 0.5) is 5.82 Å². The van der Waals surface area contributed by atoms with Crippen LogP contribution in [0.25, 0.3) is 10.9 Å². The number of hydrogen-bond acceptors (Lipinski definition) is 4. The highest BCUT2D eigenvalue weighted by Crippen LogP contribution is 2.29. The Labute approximate surface area is 147 Å². The van der Waals surface area contributed by atoms with E-state index in [-0.39, 0.29) is 6.10 Å². The number of nitrogens with zero attached hydrogens (tertiary/aromatic N) is 3. The fraction of sp³-hybridized carbons (Fsp3) is 0.176. The van der Waals surface area contributed by atoms with Crippen LogP contribution in [0.2, 0.25) is 5.15 Å². The van der Waals surface area contributed by atoms with Crippen LogP contribution in [0.1, 0.15) is 0 Å². The van der Waals surface area contributed by atoms with Gasteiger partial charge in [-0.25, -0.2) is 9.97 Å². The van der Waals surface area contributed by atoms with E-state index in [9.17, 15) is 0 Å². The summed E-state index contributed by atoms with van der Waals surface area (Å²) in [5, 5.41) is 1.58. The van der Waals surface area contributed by atoms with Crippen LogP contribution in [0.15, 0.2) is 53.0 Å². The molecule has 0 bridgehead atoms. The van der Waals surface area contributed by atoms with E-state index in [4.69, 9.17) is 21.3 Å². The second-order valence-electron chi connectivity index (χ2n) is 5.43. The first-order chi connectivity index (χ1) is 11.2. The highest BCUT2D eigenvalue weighted by molar-refractivity contribution is 9.10. The van der Waals surface area contributed by atoms with E-state index in [1.807, 2.05) is 30.3 Å². The van der Waals surface area contributed by atoms with E-state index in [0.29, 0.717) is 11.0 Å². The highest BCUT2D eigenvalue weighted by Gasteiger charge is 2.30. The van der Waals surface area contributed by atoms with Crippen LogP contribution in [0.5, 0.6) is 5.88 Å². The van der Waals surface area contributed by atoms with Gasteiger partial charge in [-0.05, 0) is 46.3 Å². The van der Waals surface area contributed by atoms with Gasteiger partial charge in [0, 0.05) is 5.39 Å². The zero-order valence-electron chi connectivity index (χ0n) is 12.1. The third-order valence-electron chi connectivity index (χ3n) is 3.81. The van der Waals surface area contributed by atoms with Gasteiger partial charge in [0.05, 0.1) is 23.1 Å². The number of anilines is 1. The minimum atomic E-state index is 0.0885. The lowest BCUT2D eigenvalue weighted by Crippen LogP contribution is -2.54. The monoisotopic (exact) mass is 389 g/mol. The molecule has 3 aromatic rings. The second-order valence-corrected chi connectivity index (χ2v) is 6.67. The summed E-state index contributed by atoms with van der Waals surface area (Å²) in [6.45, 7) is 1.57. The largest absolute Gasteiger partial charge is 0.470 e.